The lowest BCUT2D eigenvalue weighted by molar-refractivity contribution is -0.137. The molecular formula is C13H24N2O3. The summed E-state index contributed by atoms with van der Waals surface area (Å²) in [4.78, 5) is 22.3. The number of carboxylic acid groups (broad SMARTS) is 1. The van der Waals surface area contributed by atoms with Crippen LogP contribution in [-0.4, -0.2) is 29.2 Å². The third-order valence-corrected chi connectivity index (χ3v) is 3.60. The van der Waals surface area contributed by atoms with E-state index < -0.39 is 5.97 Å². The van der Waals surface area contributed by atoms with E-state index in [1.54, 1.807) is 0 Å². The maximum absolute atomic E-state index is 11.7. The SMILES string of the molecule is CCC(CC(=O)O)NC(=O)NC1CCC(C)CC1. The lowest BCUT2D eigenvalue weighted by Crippen LogP contribution is -2.47. The molecule has 1 unspecified atom stereocenters. The Balaban J connectivity index is 2.29. The summed E-state index contributed by atoms with van der Waals surface area (Å²) >= 11 is 0. The molecule has 0 bridgehead atoms. The molecule has 0 heterocycles. The van der Waals surface area contributed by atoms with Crippen molar-refractivity contribution in [3.63, 3.8) is 0 Å². The summed E-state index contributed by atoms with van der Waals surface area (Å²) in [6, 6.07) is -0.281. The van der Waals surface area contributed by atoms with Gasteiger partial charge in [0, 0.05) is 12.1 Å². The molecule has 5 nitrogen and oxygen atoms in total. The Morgan fingerprint density at radius 3 is 2.39 bits per heavy atom. The van der Waals surface area contributed by atoms with E-state index in [4.69, 9.17) is 5.11 Å². The Bertz CT molecular complexity index is 286. The van der Waals surface area contributed by atoms with Crippen LogP contribution >= 0.6 is 0 Å². The number of nitrogens with one attached hydrogen (secondary N) is 2. The lowest BCUT2D eigenvalue weighted by Gasteiger charge is -2.27. The van der Waals surface area contributed by atoms with Gasteiger partial charge in [0.25, 0.3) is 0 Å². The third kappa shape index (κ3) is 5.38. The van der Waals surface area contributed by atoms with Gasteiger partial charge in [-0.25, -0.2) is 4.79 Å². The van der Waals surface area contributed by atoms with Crippen molar-refractivity contribution in [1.29, 1.82) is 0 Å². The molecular weight excluding hydrogens is 232 g/mol. The highest BCUT2D eigenvalue weighted by Crippen LogP contribution is 2.23. The second-order valence-electron chi connectivity index (χ2n) is 5.28. The van der Waals surface area contributed by atoms with Gasteiger partial charge < -0.3 is 15.7 Å². The Morgan fingerprint density at radius 2 is 1.89 bits per heavy atom. The number of carboxylic acids is 1. The normalized spacial score (nSPS) is 25.2. The molecule has 104 valence electrons. The predicted octanol–water partition coefficient (Wildman–Crippen LogP) is 2.12. The fourth-order valence-electron chi connectivity index (χ4n) is 2.33. The minimum absolute atomic E-state index is 0.0222. The van der Waals surface area contributed by atoms with Gasteiger partial charge in [0.15, 0.2) is 0 Å². The van der Waals surface area contributed by atoms with E-state index in [0.29, 0.717) is 6.42 Å². The molecule has 18 heavy (non-hydrogen) atoms. The molecule has 0 radical (unpaired) electrons. The van der Waals surface area contributed by atoms with E-state index in [-0.39, 0.29) is 24.5 Å². The fraction of sp³-hybridized carbons (Fsp3) is 0.846. The van der Waals surface area contributed by atoms with Crippen molar-refractivity contribution >= 4 is 12.0 Å². The van der Waals surface area contributed by atoms with E-state index in [9.17, 15) is 9.59 Å². The van der Waals surface area contributed by atoms with E-state index in [1.807, 2.05) is 6.92 Å². The van der Waals surface area contributed by atoms with Crippen LogP contribution in [0.2, 0.25) is 0 Å². The van der Waals surface area contributed by atoms with Crippen LogP contribution < -0.4 is 10.6 Å². The monoisotopic (exact) mass is 256 g/mol. The zero-order valence-electron chi connectivity index (χ0n) is 11.2. The van der Waals surface area contributed by atoms with Crippen LogP contribution in [0.1, 0.15) is 52.4 Å². The predicted molar refractivity (Wildman–Crippen MR) is 69.4 cm³/mol. The Hall–Kier alpha value is -1.26. The van der Waals surface area contributed by atoms with E-state index in [2.05, 4.69) is 17.6 Å². The van der Waals surface area contributed by atoms with Crippen molar-refractivity contribution in [3.8, 4) is 0 Å². The molecule has 0 aliphatic heterocycles. The van der Waals surface area contributed by atoms with Crippen molar-refractivity contribution in [2.75, 3.05) is 0 Å². The number of carbonyl (C=O) groups is 2. The summed E-state index contributed by atoms with van der Waals surface area (Å²) in [7, 11) is 0. The first-order valence-electron chi connectivity index (χ1n) is 6.80. The Morgan fingerprint density at radius 1 is 1.28 bits per heavy atom. The van der Waals surface area contributed by atoms with Crippen molar-refractivity contribution in [3.05, 3.63) is 0 Å². The molecule has 1 aliphatic rings. The molecule has 1 atom stereocenters. The lowest BCUT2D eigenvalue weighted by atomic mass is 9.87. The highest BCUT2D eigenvalue weighted by Gasteiger charge is 2.21. The van der Waals surface area contributed by atoms with Crippen LogP contribution in [0.3, 0.4) is 0 Å². The summed E-state index contributed by atoms with van der Waals surface area (Å²) in [5, 5.41) is 14.4. The van der Waals surface area contributed by atoms with Crippen molar-refractivity contribution < 1.29 is 14.7 Å². The molecule has 0 aromatic rings. The van der Waals surface area contributed by atoms with Crippen molar-refractivity contribution in [1.82, 2.24) is 10.6 Å². The summed E-state index contributed by atoms with van der Waals surface area (Å²) < 4.78 is 0. The first kappa shape index (κ1) is 14.8. The molecule has 0 saturated heterocycles. The molecule has 1 rings (SSSR count). The van der Waals surface area contributed by atoms with Gasteiger partial charge in [0.1, 0.15) is 0 Å². The van der Waals surface area contributed by atoms with Crippen LogP contribution in [0.15, 0.2) is 0 Å². The molecule has 0 aromatic carbocycles. The maximum atomic E-state index is 11.7. The zero-order chi connectivity index (χ0) is 13.5. The molecule has 0 spiro atoms. The first-order chi connectivity index (χ1) is 8.51. The smallest absolute Gasteiger partial charge is 0.315 e. The summed E-state index contributed by atoms with van der Waals surface area (Å²) in [5.41, 5.74) is 0. The number of hydrogen-bond donors (Lipinski definition) is 3. The minimum atomic E-state index is -0.881. The minimum Gasteiger partial charge on any atom is -0.481 e. The molecule has 1 saturated carbocycles. The Labute approximate surface area is 108 Å². The van der Waals surface area contributed by atoms with Gasteiger partial charge in [0.05, 0.1) is 6.42 Å². The Kier molecular flexibility index (Phi) is 5.95. The number of aliphatic carboxylic acids is 1. The maximum Gasteiger partial charge on any atom is 0.315 e. The number of rotatable bonds is 5. The van der Waals surface area contributed by atoms with Crippen LogP contribution in [0.4, 0.5) is 4.79 Å². The molecule has 1 fully saturated rings. The quantitative estimate of drug-likeness (QED) is 0.705. The standard InChI is InChI=1S/C13H24N2O3/c1-3-10(8-12(16)17)14-13(18)15-11-6-4-9(2)5-7-11/h9-11H,3-8H2,1-2H3,(H,16,17)(H2,14,15,18). The first-order valence-corrected chi connectivity index (χ1v) is 6.80. The largest absolute Gasteiger partial charge is 0.481 e. The molecule has 5 heteroatoms. The molecule has 3 N–H and O–H groups in total. The van der Waals surface area contributed by atoms with Gasteiger partial charge in [-0.05, 0) is 38.0 Å². The van der Waals surface area contributed by atoms with Crippen LogP contribution in [0, 0.1) is 5.92 Å². The van der Waals surface area contributed by atoms with Crippen LogP contribution in [0.5, 0.6) is 0 Å². The average molecular weight is 256 g/mol. The van der Waals surface area contributed by atoms with Gasteiger partial charge in [0.2, 0.25) is 0 Å². The second kappa shape index (κ2) is 7.24. The topological polar surface area (TPSA) is 78.4 Å². The summed E-state index contributed by atoms with van der Waals surface area (Å²) in [6.07, 6.45) is 4.94. The number of carbonyl (C=O) groups excluding carboxylic acids is 1. The third-order valence-electron chi connectivity index (χ3n) is 3.60. The zero-order valence-corrected chi connectivity index (χ0v) is 11.2. The van der Waals surface area contributed by atoms with Gasteiger partial charge in [-0.15, -0.1) is 0 Å². The summed E-state index contributed by atoms with van der Waals surface area (Å²) in [5.74, 6) is -0.129. The molecule has 0 aromatic heterocycles. The molecule has 2 amide bonds. The highest BCUT2D eigenvalue weighted by molar-refractivity contribution is 5.76. The van der Waals surface area contributed by atoms with E-state index in [1.165, 1.54) is 0 Å². The number of hydrogen-bond acceptors (Lipinski definition) is 2. The average Bonchev–Trinajstić information content (AvgIpc) is 2.30. The van der Waals surface area contributed by atoms with E-state index >= 15 is 0 Å². The molecule has 1 aliphatic carbocycles. The highest BCUT2D eigenvalue weighted by atomic mass is 16.4. The number of urea groups is 1. The van der Waals surface area contributed by atoms with Gasteiger partial charge in [-0.1, -0.05) is 13.8 Å². The van der Waals surface area contributed by atoms with Gasteiger partial charge in [-0.3, -0.25) is 4.79 Å². The van der Waals surface area contributed by atoms with Crippen molar-refractivity contribution in [2.24, 2.45) is 5.92 Å². The van der Waals surface area contributed by atoms with Gasteiger partial charge in [-0.2, -0.15) is 0 Å². The van der Waals surface area contributed by atoms with E-state index in [0.717, 1.165) is 31.6 Å². The van der Waals surface area contributed by atoms with Crippen LogP contribution in [0.25, 0.3) is 0 Å². The fourth-order valence-corrected chi connectivity index (χ4v) is 2.33. The number of amides is 2. The van der Waals surface area contributed by atoms with Crippen LogP contribution in [-0.2, 0) is 4.79 Å². The van der Waals surface area contributed by atoms with Crippen molar-refractivity contribution in [2.45, 2.75) is 64.5 Å². The second-order valence-corrected chi connectivity index (χ2v) is 5.28. The van der Waals surface area contributed by atoms with Gasteiger partial charge >= 0.3 is 12.0 Å². The summed E-state index contributed by atoms with van der Waals surface area (Å²) in [6.45, 7) is 4.10.